The molecule has 7 heteroatoms. The van der Waals surface area contributed by atoms with Crippen molar-refractivity contribution in [2.24, 2.45) is 16.8 Å². The normalized spacial score (nSPS) is 27.5. The van der Waals surface area contributed by atoms with Gasteiger partial charge in [0.15, 0.2) is 5.54 Å². The molecule has 216 valence electrons. The quantitative estimate of drug-likeness (QED) is 0.318. The van der Waals surface area contributed by atoms with Gasteiger partial charge in [0.25, 0.3) is 0 Å². The maximum absolute atomic E-state index is 13.7. The molecule has 5 nitrogen and oxygen atoms in total. The lowest BCUT2D eigenvalue weighted by atomic mass is 9.67. The summed E-state index contributed by atoms with van der Waals surface area (Å²) in [4.78, 5) is 21.3. The van der Waals surface area contributed by atoms with Gasteiger partial charge in [-0.1, -0.05) is 54.6 Å². The van der Waals surface area contributed by atoms with Gasteiger partial charge in [0.2, 0.25) is 0 Å². The van der Waals surface area contributed by atoms with E-state index in [1.807, 2.05) is 42.7 Å². The largest absolute Gasteiger partial charge is 0.467 e. The zero-order valence-electron chi connectivity index (χ0n) is 24.0. The van der Waals surface area contributed by atoms with Crippen LogP contribution < -0.4 is 5.32 Å². The molecule has 2 aliphatic carbocycles. The number of nitrogens with one attached hydrogen (secondary N) is 1. The summed E-state index contributed by atoms with van der Waals surface area (Å²) in [5.74, 6) is 0.654. The van der Waals surface area contributed by atoms with E-state index >= 15 is 0 Å². The highest BCUT2D eigenvalue weighted by atomic mass is 35.5. The molecule has 1 heterocycles. The lowest BCUT2D eigenvalue weighted by Gasteiger charge is -2.48. The first kappa shape index (κ1) is 29.3. The second-order valence-electron chi connectivity index (χ2n) is 12.6. The van der Waals surface area contributed by atoms with Crippen molar-refractivity contribution in [2.45, 2.75) is 101 Å². The van der Waals surface area contributed by atoms with Crippen molar-refractivity contribution in [1.29, 1.82) is 0 Å². The number of benzene rings is 2. The van der Waals surface area contributed by atoms with Crippen LogP contribution in [0.15, 0.2) is 53.5 Å². The minimum Gasteiger partial charge on any atom is -0.467 e. The molecule has 0 aromatic heterocycles. The zero-order chi connectivity index (χ0) is 28.3. The minimum atomic E-state index is -0.950. The van der Waals surface area contributed by atoms with Crippen LogP contribution in [0.4, 0.5) is 5.69 Å². The Morgan fingerprint density at radius 1 is 0.950 bits per heavy atom. The molecule has 1 N–H and O–H groups in total. The molecular formula is C33H43Cl2N3O2. The molecule has 2 unspecified atom stereocenters. The van der Waals surface area contributed by atoms with Crippen LogP contribution in [0.5, 0.6) is 0 Å². The molecule has 5 rings (SSSR count). The van der Waals surface area contributed by atoms with Gasteiger partial charge in [-0.25, -0.2) is 4.79 Å². The number of esters is 1. The molecule has 3 aliphatic rings. The monoisotopic (exact) mass is 583 g/mol. The number of carbonyl (C=O) groups excluding carboxylic acids is 1. The Kier molecular flexibility index (Phi) is 9.01. The van der Waals surface area contributed by atoms with Crippen molar-refractivity contribution >= 4 is 41.2 Å². The van der Waals surface area contributed by atoms with Crippen molar-refractivity contribution in [3.05, 3.63) is 64.1 Å². The predicted molar refractivity (Wildman–Crippen MR) is 165 cm³/mol. The van der Waals surface area contributed by atoms with E-state index < -0.39 is 5.54 Å². The van der Waals surface area contributed by atoms with Gasteiger partial charge in [0.05, 0.1) is 19.5 Å². The summed E-state index contributed by atoms with van der Waals surface area (Å²) in [6, 6.07) is 16.2. The summed E-state index contributed by atoms with van der Waals surface area (Å²) in [6.45, 7) is 4.61. The van der Waals surface area contributed by atoms with Crippen LogP contribution in [0.2, 0.25) is 10.0 Å². The van der Waals surface area contributed by atoms with E-state index in [1.165, 1.54) is 26.4 Å². The standard InChI is InChI=1S/C33H43Cl2N3O2/c1-32(2,37-28-19-17-27(35)18-20-28)25-13-11-24(12-14-25)30-33(31(39)40-3,21-23-9-15-26(34)16-10-23)36-22-38(30)29-7-5-4-6-8-29/h9-10,15-20,22,24-25,29-30,37H,4-8,11-14,21H2,1-3H3. The van der Waals surface area contributed by atoms with Gasteiger partial charge in [-0.05, 0) is 106 Å². The van der Waals surface area contributed by atoms with Crippen molar-refractivity contribution in [1.82, 2.24) is 4.90 Å². The van der Waals surface area contributed by atoms with Crippen molar-refractivity contribution in [3.63, 3.8) is 0 Å². The van der Waals surface area contributed by atoms with Crippen LogP contribution >= 0.6 is 23.2 Å². The first-order chi connectivity index (χ1) is 19.2. The third kappa shape index (κ3) is 6.16. The summed E-state index contributed by atoms with van der Waals surface area (Å²) in [5.41, 5.74) is 1.15. The van der Waals surface area contributed by atoms with Crippen molar-refractivity contribution in [3.8, 4) is 0 Å². The van der Waals surface area contributed by atoms with E-state index in [4.69, 9.17) is 32.9 Å². The number of hydrogen-bond acceptors (Lipinski definition) is 5. The average Bonchev–Trinajstić information content (AvgIpc) is 3.35. The van der Waals surface area contributed by atoms with Gasteiger partial charge < -0.3 is 15.0 Å². The summed E-state index contributed by atoms with van der Waals surface area (Å²) < 4.78 is 5.52. The van der Waals surface area contributed by atoms with E-state index in [-0.39, 0.29) is 17.6 Å². The van der Waals surface area contributed by atoms with Crippen LogP contribution in [0.1, 0.15) is 77.2 Å². The molecule has 0 saturated heterocycles. The highest BCUT2D eigenvalue weighted by molar-refractivity contribution is 6.30. The van der Waals surface area contributed by atoms with Gasteiger partial charge in [0.1, 0.15) is 0 Å². The lowest BCUT2D eigenvalue weighted by molar-refractivity contribution is -0.150. The minimum absolute atomic E-state index is 0.00739. The Bertz CT molecular complexity index is 1170. The van der Waals surface area contributed by atoms with Crippen molar-refractivity contribution in [2.75, 3.05) is 12.4 Å². The maximum Gasteiger partial charge on any atom is 0.336 e. The van der Waals surface area contributed by atoms with Crippen LogP contribution in [-0.2, 0) is 16.0 Å². The molecule has 2 atom stereocenters. The Hall–Kier alpha value is -2.24. The Morgan fingerprint density at radius 2 is 1.55 bits per heavy atom. The van der Waals surface area contributed by atoms with Gasteiger partial charge in [0, 0.05) is 33.7 Å². The van der Waals surface area contributed by atoms with Crippen LogP contribution in [0, 0.1) is 11.8 Å². The third-order valence-corrected chi connectivity index (χ3v) is 10.2. The molecule has 2 aromatic carbocycles. The van der Waals surface area contributed by atoms with Crippen LogP contribution in [0.3, 0.4) is 0 Å². The number of ether oxygens (including phenoxy) is 1. The van der Waals surface area contributed by atoms with Crippen LogP contribution in [-0.4, -0.2) is 47.5 Å². The summed E-state index contributed by atoms with van der Waals surface area (Å²) in [7, 11) is 1.50. The summed E-state index contributed by atoms with van der Waals surface area (Å²) in [5, 5.41) is 5.20. The number of anilines is 1. The Morgan fingerprint density at radius 3 is 2.15 bits per heavy atom. The Labute approximate surface area is 249 Å². The topological polar surface area (TPSA) is 53.9 Å². The molecule has 0 bridgehead atoms. The van der Waals surface area contributed by atoms with Gasteiger partial charge in [-0.3, -0.25) is 4.99 Å². The van der Waals surface area contributed by atoms with Gasteiger partial charge in [-0.2, -0.15) is 0 Å². The smallest absolute Gasteiger partial charge is 0.336 e. The molecule has 2 aromatic rings. The fraction of sp³-hybridized carbons (Fsp3) is 0.576. The maximum atomic E-state index is 13.7. The molecule has 40 heavy (non-hydrogen) atoms. The zero-order valence-corrected chi connectivity index (χ0v) is 25.6. The lowest BCUT2D eigenvalue weighted by Crippen LogP contribution is -2.59. The molecule has 2 saturated carbocycles. The Balaban J connectivity index is 1.39. The molecule has 1 aliphatic heterocycles. The first-order valence-electron chi connectivity index (χ1n) is 14.9. The summed E-state index contributed by atoms with van der Waals surface area (Å²) >= 11 is 12.3. The number of carbonyl (C=O) groups is 1. The SMILES string of the molecule is COC(=O)C1(Cc2ccc(Cl)cc2)N=CN(C2CCCCC2)C1C1CCC(C(C)(C)Nc2ccc(Cl)cc2)CC1. The fourth-order valence-corrected chi connectivity index (χ4v) is 7.80. The molecule has 0 spiro atoms. The van der Waals surface area contributed by atoms with E-state index in [0.717, 1.165) is 54.8 Å². The van der Waals surface area contributed by atoms with Gasteiger partial charge in [-0.15, -0.1) is 0 Å². The molecule has 0 radical (unpaired) electrons. The molecule has 2 fully saturated rings. The number of nitrogens with zero attached hydrogens (tertiary/aromatic N) is 2. The number of aliphatic imine (C=N–C) groups is 1. The number of rotatable bonds is 8. The highest BCUT2D eigenvalue weighted by Crippen LogP contribution is 2.46. The summed E-state index contributed by atoms with van der Waals surface area (Å²) in [6.07, 6.45) is 12.9. The second-order valence-corrected chi connectivity index (χ2v) is 13.5. The second kappa shape index (κ2) is 12.3. The van der Waals surface area contributed by atoms with Gasteiger partial charge >= 0.3 is 5.97 Å². The molecular weight excluding hydrogens is 541 g/mol. The average molecular weight is 585 g/mol. The fourth-order valence-electron chi connectivity index (χ4n) is 7.55. The van der Waals surface area contributed by atoms with Crippen LogP contribution in [0.25, 0.3) is 0 Å². The number of hydrogen-bond donors (Lipinski definition) is 1. The van der Waals surface area contributed by atoms with Crippen molar-refractivity contribution < 1.29 is 9.53 Å². The first-order valence-corrected chi connectivity index (χ1v) is 15.7. The van der Waals surface area contributed by atoms with E-state index in [2.05, 4.69) is 36.2 Å². The van der Waals surface area contributed by atoms with E-state index in [1.54, 1.807) is 0 Å². The number of methoxy groups -OCH3 is 1. The van der Waals surface area contributed by atoms with E-state index in [9.17, 15) is 4.79 Å². The highest BCUT2D eigenvalue weighted by Gasteiger charge is 2.57. The molecule has 0 amide bonds. The van der Waals surface area contributed by atoms with E-state index in [0.29, 0.717) is 29.3 Å². The number of halogens is 2. The third-order valence-electron chi connectivity index (χ3n) is 9.70. The predicted octanol–water partition coefficient (Wildman–Crippen LogP) is 8.19.